The second-order valence-corrected chi connectivity index (χ2v) is 8.65. The maximum Gasteiger partial charge on any atom is 0.349 e. The summed E-state index contributed by atoms with van der Waals surface area (Å²) >= 11 is 0. The van der Waals surface area contributed by atoms with E-state index in [0.29, 0.717) is 17.7 Å². The largest absolute Gasteiger partial charge is 0.488 e. The summed E-state index contributed by atoms with van der Waals surface area (Å²) < 4.78 is 22.2. The predicted octanol–water partition coefficient (Wildman–Crippen LogP) is 2.19. The highest BCUT2D eigenvalue weighted by Gasteiger charge is 2.26. The molecule has 13 nitrogen and oxygen atoms in total. The van der Waals surface area contributed by atoms with Crippen LogP contribution in [-0.4, -0.2) is 55.0 Å². The zero-order valence-electron chi connectivity index (χ0n) is 22.4. The average molecular weight is 567 g/mol. The summed E-state index contributed by atoms with van der Waals surface area (Å²) in [5.41, 5.74) is 13.2. The zero-order valence-corrected chi connectivity index (χ0v) is 22.4. The van der Waals surface area contributed by atoms with Crippen LogP contribution in [0.3, 0.4) is 0 Å². The van der Waals surface area contributed by atoms with Gasteiger partial charge in [-0.25, -0.2) is 14.2 Å². The number of aliphatic hydroxyl groups excluding tert-OH is 1. The number of carbonyl (C=O) groups is 1. The van der Waals surface area contributed by atoms with Gasteiger partial charge >= 0.3 is 5.69 Å². The summed E-state index contributed by atoms with van der Waals surface area (Å²) in [7, 11) is 0. The molecule has 9 N–H and O–H groups in total. The number of halogens is 1. The number of aromatic nitrogens is 4. The molecule has 0 aliphatic carbocycles. The number of nitrogens with two attached hydrogens (primary N) is 2. The SMILES string of the molecule is CC(=O)O.CCc1cc(OCCO)c(F)c(C(Nc2ccc(C(=N)N)cc2)c2nn(-c3ncccc3N)c(=O)[nH]2)c1. The van der Waals surface area contributed by atoms with Crippen molar-refractivity contribution in [3.8, 4) is 11.6 Å². The molecule has 0 bridgehead atoms. The number of rotatable bonds is 10. The highest BCUT2D eigenvalue weighted by molar-refractivity contribution is 5.95. The number of ether oxygens (including phenoxy) is 1. The third-order valence-electron chi connectivity index (χ3n) is 5.63. The van der Waals surface area contributed by atoms with E-state index in [4.69, 9.17) is 36.6 Å². The molecule has 0 fully saturated rings. The molecule has 1 atom stereocenters. The van der Waals surface area contributed by atoms with Crippen LogP contribution < -0.4 is 27.2 Å². The third-order valence-corrected chi connectivity index (χ3v) is 5.63. The summed E-state index contributed by atoms with van der Waals surface area (Å²) in [6, 6.07) is 12.1. The van der Waals surface area contributed by atoms with Crippen molar-refractivity contribution in [1.29, 1.82) is 5.41 Å². The van der Waals surface area contributed by atoms with Gasteiger partial charge in [-0.2, -0.15) is 4.68 Å². The second kappa shape index (κ2) is 13.7. The van der Waals surface area contributed by atoms with Crippen molar-refractivity contribution in [2.75, 3.05) is 24.3 Å². The van der Waals surface area contributed by atoms with Gasteiger partial charge in [-0.05, 0) is 54.4 Å². The van der Waals surface area contributed by atoms with Gasteiger partial charge in [0.15, 0.2) is 23.2 Å². The second-order valence-electron chi connectivity index (χ2n) is 8.65. The van der Waals surface area contributed by atoms with Crippen molar-refractivity contribution >= 4 is 23.2 Å². The van der Waals surface area contributed by atoms with E-state index in [2.05, 4.69) is 20.4 Å². The fourth-order valence-corrected chi connectivity index (χ4v) is 3.76. The van der Waals surface area contributed by atoms with E-state index in [-0.39, 0.29) is 47.7 Å². The van der Waals surface area contributed by atoms with E-state index in [1.165, 1.54) is 6.20 Å². The Morgan fingerprint density at radius 2 is 1.95 bits per heavy atom. The van der Waals surface area contributed by atoms with Gasteiger partial charge in [0.2, 0.25) is 0 Å². The predicted molar refractivity (Wildman–Crippen MR) is 151 cm³/mol. The van der Waals surface area contributed by atoms with Gasteiger partial charge in [0.05, 0.1) is 12.3 Å². The zero-order chi connectivity index (χ0) is 30.1. The Kier molecular flexibility index (Phi) is 10.1. The first kappa shape index (κ1) is 30.3. The molecule has 0 aliphatic rings. The molecule has 0 spiro atoms. The highest BCUT2D eigenvalue weighted by Crippen LogP contribution is 2.33. The number of nitrogen functional groups attached to an aromatic ring is 2. The highest BCUT2D eigenvalue weighted by atomic mass is 19.1. The number of benzene rings is 2. The fraction of sp³-hybridized carbons (Fsp3) is 0.222. The summed E-state index contributed by atoms with van der Waals surface area (Å²) in [5.74, 6) is -1.39. The Morgan fingerprint density at radius 1 is 1.27 bits per heavy atom. The van der Waals surface area contributed by atoms with Gasteiger partial charge in [0, 0.05) is 29.9 Å². The summed E-state index contributed by atoms with van der Waals surface area (Å²) in [5, 5.41) is 31.8. The molecule has 2 aromatic heterocycles. The van der Waals surface area contributed by atoms with Gasteiger partial charge in [0.25, 0.3) is 5.97 Å². The molecule has 216 valence electrons. The van der Waals surface area contributed by atoms with Crippen LogP contribution in [0.4, 0.5) is 15.8 Å². The van der Waals surface area contributed by atoms with Crippen LogP contribution in [0.25, 0.3) is 5.82 Å². The number of nitrogens with one attached hydrogen (secondary N) is 3. The number of aryl methyl sites for hydroxylation is 1. The molecule has 0 aliphatic heterocycles. The minimum atomic E-state index is -0.968. The van der Waals surface area contributed by atoms with Gasteiger partial charge in [-0.1, -0.05) is 13.0 Å². The summed E-state index contributed by atoms with van der Waals surface area (Å²) in [4.78, 5) is 28.7. The molecule has 2 heterocycles. The van der Waals surface area contributed by atoms with E-state index in [1.54, 1.807) is 48.5 Å². The van der Waals surface area contributed by atoms with Gasteiger partial charge in [0.1, 0.15) is 18.5 Å². The van der Waals surface area contributed by atoms with E-state index in [0.717, 1.165) is 17.2 Å². The molecule has 4 rings (SSSR count). The van der Waals surface area contributed by atoms with Gasteiger partial charge in [-0.15, -0.1) is 5.10 Å². The van der Waals surface area contributed by atoms with Crippen molar-refractivity contribution in [2.24, 2.45) is 5.73 Å². The third kappa shape index (κ3) is 7.67. The first-order chi connectivity index (χ1) is 19.5. The number of aliphatic hydroxyl groups is 1. The molecule has 0 saturated carbocycles. The first-order valence-corrected chi connectivity index (χ1v) is 12.4. The molecular weight excluding hydrogens is 535 g/mol. The Bertz CT molecular complexity index is 1560. The molecule has 0 saturated heterocycles. The number of anilines is 2. The number of nitrogens with zero attached hydrogens (tertiary/aromatic N) is 3. The molecule has 0 radical (unpaired) electrons. The maximum absolute atomic E-state index is 15.8. The van der Waals surface area contributed by atoms with Crippen molar-refractivity contribution < 1.29 is 24.1 Å². The molecule has 2 aromatic carbocycles. The van der Waals surface area contributed by atoms with Crippen molar-refractivity contribution in [3.05, 3.63) is 93.5 Å². The number of carboxylic acid groups (broad SMARTS) is 1. The summed E-state index contributed by atoms with van der Waals surface area (Å²) in [6.07, 6.45) is 2.06. The Labute approximate surface area is 234 Å². The summed E-state index contributed by atoms with van der Waals surface area (Å²) in [6.45, 7) is 2.63. The Balaban J connectivity index is 0.00000108. The maximum atomic E-state index is 15.8. The minimum absolute atomic E-state index is 0.0297. The van der Waals surface area contributed by atoms with Gasteiger partial charge in [-0.3, -0.25) is 15.2 Å². The quantitative estimate of drug-likeness (QED) is 0.110. The lowest BCUT2D eigenvalue weighted by Gasteiger charge is -2.21. The van der Waals surface area contributed by atoms with Crippen molar-refractivity contribution in [3.63, 3.8) is 0 Å². The normalized spacial score (nSPS) is 11.2. The number of aliphatic carboxylic acids is 1. The number of H-pyrrole nitrogens is 1. The van der Waals surface area contributed by atoms with E-state index < -0.39 is 23.5 Å². The van der Waals surface area contributed by atoms with Crippen LogP contribution in [0.1, 0.15) is 42.4 Å². The van der Waals surface area contributed by atoms with Crippen molar-refractivity contribution in [1.82, 2.24) is 19.7 Å². The lowest BCUT2D eigenvalue weighted by Crippen LogP contribution is -2.18. The van der Waals surface area contributed by atoms with Crippen LogP contribution in [0.2, 0.25) is 0 Å². The van der Waals surface area contributed by atoms with Crippen LogP contribution in [0, 0.1) is 11.2 Å². The molecule has 41 heavy (non-hydrogen) atoms. The standard InChI is InChI=1S/C25H27FN8O3.C2H4O2/c1-2-14-12-17(20(26)19(13-14)37-11-10-35)21(31-16-7-5-15(6-8-16)22(28)29)23-32-25(36)34(33-23)24-18(27)4-3-9-30-24;1-2(3)4/h3-9,12-13,21,31,35H,2,10-11,27H2,1H3,(H3,28,29)(H,32,33,36);1H3,(H,3,4). The number of amidine groups is 1. The Hall–Kier alpha value is -5.24. The van der Waals surface area contributed by atoms with Crippen LogP contribution in [-0.2, 0) is 11.2 Å². The van der Waals surface area contributed by atoms with E-state index in [9.17, 15) is 4.79 Å². The van der Waals surface area contributed by atoms with Crippen LogP contribution >= 0.6 is 0 Å². The monoisotopic (exact) mass is 566 g/mol. The van der Waals surface area contributed by atoms with Crippen molar-refractivity contribution in [2.45, 2.75) is 26.3 Å². The lowest BCUT2D eigenvalue weighted by molar-refractivity contribution is -0.134. The Morgan fingerprint density at radius 3 is 2.54 bits per heavy atom. The number of hydrogen-bond donors (Lipinski definition) is 7. The van der Waals surface area contributed by atoms with Gasteiger partial charge < -0.3 is 31.7 Å². The number of carboxylic acids is 1. The smallest absolute Gasteiger partial charge is 0.349 e. The molecule has 4 aromatic rings. The van der Waals surface area contributed by atoms with Crippen LogP contribution in [0.5, 0.6) is 5.75 Å². The number of aromatic amines is 1. The topological polar surface area (TPSA) is 218 Å². The van der Waals surface area contributed by atoms with E-state index >= 15 is 4.39 Å². The van der Waals surface area contributed by atoms with E-state index in [1.807, 2.05) is 6.92 Å². The molecule has 0 amide bonds. The number of hydrogen-bond acceptors (Lipinski definition) is 9. The minimum Gasteiger partial charge on any atom is -0.488 e. The van der Waals surface area contributed by atoms with Crippen LogP contribution in [0.15, 0.2) is 59.5 Å². The lowest BCUT2D eigenvalue weighted by atomic mass is 10.00. The first-order valence-electron chi connectivity index (χ1n) is 12.4. The molecule has 1 unspecified atom stereocenters. The molecule has 14 heteroatoms. The number of pyridine rings is 1. The fourth-order valence-electron chi connectivity index (χ4n) is 3.76. The molecular formula is C27H31FN8O5. The average Bonchev–Trinajstić information content (AvgIpc) is 3.32.